The molecule has 4 rings (SSSR count). The summed E-state index contributed by atoms with van der Waals surface area (Å²) in [4.78, 5) is 3.46. The number of benzene rings is 3. The average Bonchev–Trinajstić information content (AvgIpc) is 3.04. The first-order chi connectivity index (χ1) is 13.8. The molecule has 7 N–H and O–H groups in total. The summed E-state index contributed by atoms with van der Waals surface area (Å²) in [6.07, 6.45) is 0.641. The first-order valence-corrected chi connectivity index (χ1v) is 9.95. The molecule has 3 aromatic carbocycles. The van der Waals surface area contributed by atoms with Crippen LogP contribution >= 0.6 is 15.9 Å². The van der Waals surface area contributed by atoms with Crippen LogP contribution in [-0.4, -0.2) is 15.9 Å². The van der Waals surface area contributed by atoms with Crippen LogP contribution in [0.3, 0.4) is 0 Å². The van der Waals surface area contributed by atoms with Crippen molar-refractivity contribution in [2.45, 2.75) is 13.3 Å². The van der Waals surface area contributed by atoms with Gasteiger partial charge in [0.25, 0.3) is 0 Å². The zero-order valence-corrected chi connectivity index (χ0v) is 17.5. The van der Waals surface area contributed by atoms with E-state index in [9.17, 15) is 5.11 Å². The monoisotopic (exact) mass is 448 g/mol. The van der Waals surface area contributed by atoms with Crippen LogP contribution in [-0.2, 0) is 6.42 Å². The van der Waals surface area contributed by atoms with Gasteiger partial charge in [-0.3, -0.25) is 5.41 Å². The van der Waals surface area contributed by atoms with Crippen LogP contribution in [0.4, 0.5) is 5.69 Å². The van der Waals surface area contributed by atoms with Gasteiger partial charge >= 0.3 is 0 Å². The van der Waals surface area contributed by atoms with E-state index in [-0.39, 0.29) is 11.6 Å². The van der Waals surface area contributed by atoms with Crippen molar-refractivity contribution in [1.29, 1.82) is 5.41 Å². The van der Waals surface area contributed by atoms with E-state index in [0.29, 0.717) is 22.1 Å². The van der Waals surface area contributed by atoms with E-state index < -0.39 is 0 Å². The van der Waals surface area contributed by atoms with Gasteiger partial charge in [-0.15, -0.1) is 0 Å². The third kappa shape index (κ3) is 3.59. The Labute approximate surface area is 177 Å². The van der Waals surface area contributed by atoms with Gasteiger partial charge in [-0.1, -0.05) is 12.1 Å². The lowest BCUT2D eigenvalue weighted by Gasteiger charge is -2.10. The molecule has 0 aliphatic heterocycles. The number of hydrogen-bond acceptors (Lipinski definition) is 3. The minimum atomic E-state index is 0.0224. The predicted octanol–water partition coefficient (Wildman–Crippen LogP) is 5.07. The number of nitrogens with one attached hydrogen (secondary N) is 2. The summed E-state index contributed by atoms with van der Waals surface area (Å²) in [5, 5.41) is 19.5. The standard InChI is InChI=1S/C23H21BrN4O/c1-12-8-18(22(29)19(24)9-12)21-17(10-13-2-5-15(25)6-3-13)16-11-14(23(26)27)4-7-20(16)28-21/h2-9,11,28-29H,10,25H2,1H3,(H3,26,27). The lowest BCUT2D eigenvalue weighted by Crippen LogP contribution is -2.10. The summed E-state index contributed by atoms with van der Waals surface area (Å²) in [6, 6.07) is 17.3. The number of phenols is 1. The van der Waals surface area contributed by atoms with Gasteiger partial charge in [-0.2, -0.15) is 0 Å². The zero-order valence-electron chi connectivity index (χ0n) is 15.9. The molecule has 146 valence electrons. The van der Waals surface area contributed by atoms with Crippen LogP contribution in [0.1, 0.15) is 22.3 Å². The number of hydrogen-bond donors (Lipinski definition) is 5. The fourth-order valence-corrected chi connectivity index (χ4v) is 4.17. The zero-order chi connectivity index (χ0) is 20.7. The van der Waals surface area contributed by atoms with Crippen LogP contribution < -0.4 is 11.5 Å². The van der Waals surface area contributed by atoms with E-state index in [0.717, 1.165) is 38.9 Å². The molecule has 6 heteroatoms. The Hall–Kier alpha value is -3.25. The van der Waals surface area contributed by atoms with Gasteiger partial charge in [0.05, 0.1) is 10.2 Å². The molecular formula is C23H21BrN4O. The van der Waals surface area contributed by atoms with Crippen molar-refractivity contribution in [2.75, 3.05) is 5.73 Å². The number of aromatic nitrogens is 1. The van der Waals surface area contributed by atoms with E-state index >= 15 is 0 Å². The molecule has 0 aliphatic carbocycles. The quantitative estimate of drug-likeness (QED) is 0.170. The predicted molar refractivity (Wildman–Crippen MR) is 123 cm³/mol. The molecule has 0 bridgehead atoms. The van der Waals surface area contributed by atoms with Crippen molar-refractivity contribution in [3.05, 3.63) is 81.3 Å². The van der Waals surface area contributed by atoms with Crippen LogP contribution in [0, 0.1) is 12.3 Å². The summed E-state index contributed by atoms with van der Waals surface area (Å²) in [7, 11) is 0. The smallest absolute Gasteiger partial charge is 0.139 e. The third-order valence-corrected chi connectivity index (χ3v) is 5.66. The fourth-order valence-electron chi connectivity index (χ4n) is 3.59. The fraction of sp³-hybridized carbons (Fsp3) is 0.0870. The minimum Gasteiger partial charge on any atom is -0.506 e. The number of nitrogens with two attached hydrogens (primary N) is 2. The first kappa shape index (κ1) is 19.1. The number of aromatic amines is 1. The van der Waals surface area contributed by atoms with Crippen LogP contribution in [0.2, 0.25) is 0 Å². The molecule has 29 heavy (non-hydrogen) atoms. The second-order valence-electron chi connectivity index (χ2n) is 7.21. The van der Waals surface area contributed by atoms with Crippen molar-refractivity contribution < 1.29 is 5.11 Å². The maximum atomic E-state index is 10.7. The molecule has 1 aromatic heterocycles. The van der Waals surface area contributed by atoms with E-state index in [1.807, 2.05) is 61.5 Å². The van der Waals surface area contributed by atoms with Gasteiger partial charge in [0, 0.05) is 34.1 Å². The molecule has 4 aromatic rings. The SMILES string of the molecule is Cc1cc(Br)c(O)c(-c2[nH]c3ccc(C(=N)N)cc3c2Cc2ccc(N)cc2)c1. The van der Waals surface area contributed by atoms with E-state index in [2.05, 4.69) is 20.9 Å². The maximum Gasteiger partial charge on any atom is 0.139 e. The number of phenolic OH excluding ortho intramolecular Hbond substituents is 1. The highest BCUT2D eigenvalue weighted by Crippen LogP contribution is 2.40. The Morgan fingerprint density at radius 2 is 1.83 bits per heavy atom. The first-order valence-electron chi connectivity index (χ1n) is 9.16. The van der Waals surface area contributed by atoms with E-state index in [1.54, 1.807) is 0 Å². The second kappa shape index (κ2) is 7.29. The number of nitrogen functional groups attached to an aromatic ring is 2. The molecule has 0 unspecified atom stereocenters. The molecule has 0 saturated heterocycles. The number of anilines is 1. The summed E-state index contributed by atoms with van der Waals surface area (Å²) in [5.74, 6) is 0.210. The van der Waals surface area contributed by atoms with Crippen molar-refractivity contribution in [2.24, 2.45) is 5.73 Å². The molecule has 5 nitrogen and oxygen atoms in total. The normalized spacial score (nSPS) is 11.1. The van der Waals surface area contributed by atoms with Crippen LogP contribution in [0.25, 0.3) is 22.2 Å². The second-order valence-corrected chi connectivity index (χ2v) is 8.07. The summed E-state index contributed by atoms with van der Waals surface area (Å²) < 4.78 is 0.647. The Kier molecular flexibility index (Phi) is 4.80. The van der Waals surface area contributed by atoms with Gasteiger partial charge in [0.1, 0.15) is 11.6 Å². The van der Waals surface area contributed by atoms with E-state index in [4.69, 9.17) is 16.9 Å². The average molecular weight is 449 g/mol. The van der Waals surface area contributed by atoms with Gasteiger partial charge in [0.2, 0.25) is 0 Å². The molecule has 0 fully saturated rings. The number of aromatic hydroxyl groups is 1. The largest absolute Gasteiger partial charge is 0.506 e. The summed E-state index contributed by atoms with van der Waals surface area (Å²) >= 11 is 3.45. The number of fused-ring (bicyclic) bond motifs is 1. The number of aryl methyl sites for hydroxylation is 1. The van der Waals surface area contributed by atoms with Crippen molar-refractivity contribution in [1.82, 2.24) is 4.98 Å². The molecule has 1 heterocycles. The molecular weight excluding hydrogens is 428 g/mol. The van der Waals surface area contributed by atoms with Gasteiger partial charge in [-0.05, 0) is 82.0 Å². The number of halogens is 1. The Bertz CT molecular complexity index is 1240. The third-order valence-electron chi connectivity index (χ3n) is 5.05. The lowest BCUT2D eigenvalue weighted by molar-refractivity contribution is 0.473. The van der Waals surface area contributed by atoms with Gasteiger partial charge in [0.15, 0.2) is 0 Å². The maximum absolute atomic E-state index is 10.7. The van der Waals surface area contributed by atoms with Crippen molar-refractivity contribution in [3.63, 3.8) is 0 Å². The molecule has 0 spiro atoms. The molecule has 0 radical (unpaired) electrons. The minimum absolute atomic E-state index is 0.0224. The Morgan fingerprint density at radius 3 is 2.52 bits per heavy atom. The number of amidine groups is 1. The van der Waals surface area contributed by atoms with Crippen molar-refractivity contribution in [3.8, 4) is 17.0 Å². The molecule has 0 amide bonds. The summed E-state index contributed by atoms with van der Waals surface area (Å²) in [6.45, 7) is 1.99. The lowest BCUT2D eigenvalue weighted by atomic mass is 9.96. The molecule has 0 saturated carbocycles. The highest BCUT2D eigenvalue weighted by molar-refractivity contribution is 9.10. The van der Waals surface area contributed by atoms with Gasteiger partial charge in [-0.25, -0.2) is 0 Å². The number of H-pyrrole nitrogens is 1. The summed E-state index contributed by atoms with van der Waals surface area (Å²) in [5.41, 5.74) is 18.6. The van der Waals surface area contributed by atoms with Crippen LogP contribution in [0.15, 0.2) is 59.1 Å². The van der Waals surface area contributed by atoms with Gasteiger partial charge < -0.3 is 21.6 Å². The van der Waals surface area contributed by atoms with Crippen molar-refractivity contribution >= 4 is 38.4 Å². The Balaban J connectivity index is 1.98. The highest BCUT2D eigenvalue weighted by atomic mass is 79.9. The Morgan fingerprint density at radius 1 is 1.10 bits per heavy atom. The van der Waals surface area contributed by atoms with E-state index in [1.165, 1.54) is 0 Å². The highest BCUT2D eigenvalue weighted by Gasteiger charge is 2.19. The molecule has 0 aliphatic rings. The molecule has 0 atom stereocenters. The topological polar surface area (TPSA) is 112 Å². The van der Waals surface area contributed by atoms with Crippen LogP contribution in [0.5, 0.6) is 5.75 Å². The number of rotatable bonds is 4.